The molecule has 0 radical (unpaired) electrons. The standard InChI is InChI=1S/C22H31N3O4/c1-5-29-21-15-18(9-12-20(21)27-4)25-22(23-2)24-13-6-14-28-16-17-7-10-19(26-3)11-8-17/h7-12,15H,5-6,13-14,16H2,1-4H3,(H2,23,24,25). The molecule has 2 aromatic carbocycles. The Balaban J connectivity index is 1.71. The number of anilines is 1. The molecule has 2 aromatic rings. The highest BCUT2D eigenvalue weighted by atomic mass is 16.5. The molecule has 0 spiro atoms. The van der Waals surface area contributed by atoms with Gasteiger partial charge in [-0.25, -0.2) is 0 Å². The number of hydrogen-bond acceptors (Lipinski definition) is 5. The molecule has 7 heteroatoms. The number of methoxy groups -OCH3 is 2. The summed E-state index contributed by atoms with van der Waals surface area (Å²) in [5.41, 5.74) is 2.00. The maximum atomic E-state index is 5.72. The summed E-state index contributed by atoms with van der Waals surface area (Å²) < 4.78 is 21.8. The lowest BCUT2D eigenvalue weighted by atomic mass is 10.2. The first-order valence-electron chi connectivity index (χ1n) is 9.69. The van der Waals surface area contributed by atoms with Gasteiger partial charge in [-0.15, -0.1) is 0 Å². The fraction of sp³-hybridized carbons (Fsp3) is 0.409. The Kier molecular flexibility index (Phi) is 9.65. The van der Waals surface area contributed by atoms with Crippen molar-refractivity contribution < 1.29 is 18.9 Å². The monoisotopic (exact) mass is 401 g/mol. The van der Waals surface area contributed by atoms with Gasteiger partial charge in [0.25, 0.3) is 0 Å². The molecule has 0 aromatic heterocycles. The minimum absolute atomic E-state index is 0.573. The van der Waals surface area contributed by atoms with Gasteiger partial charge in [0.1, 0.15) is 5.75 Å². The van der Waals surface area contributed by atoms with Gasteiger partial charge in [0, 0.05) is 32.0 Å². The van der Waals surface area contributed by atoms with Crippen LogP contribution in [0, 0.1) is 0 Å². The first kappa shape index (κ1) is 22.4. The number of nitrogens with zero attached hydrogens (tertiary/aromatic N) is 1. The number of ether oxygens (including phenoxy) is 4. The smallest absolute Gasteiger partial charge is 0.195 e. The van der Waals surface area contributed by atoms with Crippen LogP contribution in [0.25, 0.3) is 0 Å². The van der Waals surface area contributed by atoms with E-state index >= 15 is 0 Å². The average Bonchev–Trinajstić information content (AvgIpc) is 2.76. The molecule has 29 heavy (non-hydrogen) atoms. The van der Waals surface area contributed by atoms with Crippen LogP contribution in [-0.4, -0.2) is 47.0 Å². The van der Waals surface area contributed by atoms with Crippen LogP contribution in [0.1, 0.15) is 18.9 Å². The van der Waals surface area contributed by atoms with Gasteiger partial charge in [-0.05, 0) is 43.2 Å². The third kappa shape index (κ3) is 7.54. The lowest BCUT2D eigenvalue weighted by Gasteiger charge is -2.14. The molecule has 0 unspecified atom stereocenters. The number of guanidine groups is 1. The van der Waals surface area contributed by atoms with Crippen LogP contribution >= 0.6 is 0 Å². The molecule has 0 aliphatic rings. The van der Waals surface area contributed by atoms with E-state index in [-0.39, 0.29) is 0 Å². The van der Waals surface area contributed by atoms with Crippen LogP contribution in [0.4, 0.5) is 5.69 Å². The van der Waals surface area contributed by atoms with Crippen molar-refractivity contribution in [2.75, 3.05) is 46.3 Å². The summed E-state index contributed by atoms with van der Waals surface area (Å²) in [6.07, 6.45) is 0.865. The van der Waals surface area contributed by atoms with E-state index in [1.165, 1.54) is 0 Å². The van der Waals surface area contributed by atoms with E-state index in [2.05, 4.69) is 15.6 Å². The molecule has 0 saturated heterocycles. The first-order valence-corrected chi connectivity index (χ1v) is 9.69. The molecule has 7 nitrogen and oxygen atoms in total. The van der Waals surface area contributed by atoms with Crippen molar-refractivity contribution in [2.45, 2.75) is 20.0 Å². The van der Waals surface area contributed by atoms with Gasteiger partial charge in [0.05, 0.1) is 27.4 Å². The minimum Gasteiger partial charge on any atom is -0.497 e. The van der Waals surface area contributed by atoms with Crippen molar-refractivity contribution in [1.29, 1.82) is 0 Å². The summed E-state index contributed by atoms with van der Waals surface area (Å²) in [7, 11) is 5.03. The molecule has 0 atom stereocenters. The normalized spacial score (nSPS) is 11.1. The second kappa shape index (κ2) is 12.5. The van der Waals surface area contributed by atoms with Crippen LogP contribution in [0.5, 0.6) is 17.2 Å². The van der Waals surface area contributed by atoms with Gasteiger partial charge < -0.3 is 29.6 Å². The van der Waals surface area contributed by atoms with Crippen LogP contribution in [0.3, 0.4) is 0 Å². The number of aliphatic imine (C=N–C) groups is 1. The number of hydrogen-bond donors (Lipinski definition) is 2. The molecule has 0 amide bonds. The molecule has 0 aliphatic heterocycles. The highest BCUT2D eigenvalue weighted by Crippen LogP contribution is 2.30. The van der Waals surface area contributed by atoms with E-state index < -0.39 is 0 Å². The van der Waals surface area contributed by atoms with Crippen molar-refractivity contribution in [2.24, 2.45) is 4.99 Å². The zero-order valence-corrected chi connectivity index (χ0v) is 17.7. The quantitative estimate of drug-likeness (QED) is 0.340. The summed E-state index contributed by atoms with van der Waals surface area (Å²) in [5.74, 6) is 2.94. The van der Waals surface area contributed by atoms with Gasteiger partial charge in [0.15, 0.2) is 17.5 Å². The van der Waals surface area contributed by atoms with Gasteiger partial charge in [-0.3, -0.25) is 4.99 Å². The molecule has 0 fully saturated rings. The third-order valence-corrected chi connectivity index (χ3v) is 4.14. The molecular weight excluding hydrogens is 370 g/mol. The Bertz CT molecular complexity index is 763. The first-order chi connectivity index (χ1) is 14.2. The Hall–Kier alpha value is -2.93. The maximum Gasteiger partial charge on any atom is 0.195 e. The minimum atomic E-state index is 0.573. The SMILES string of the molecule is CCOc1cc(NC(=NC)NCCCOCc2ccc(OC)cc2)ccc1OC. The summed E-state index contributed by atoms with van der Waals surface area (Å²) >= 11 is 0. The summed E-state index contributed by atoms with van der Waals surface area (Å²) in [4.78, 5) is 4.25. The fourth-order valence-corrected chi connectivity index (χ4v) is 2.63. The molecule has 0 saturated carbocycles. The average molecular weight is 402 g/mol. The van der Waals surface area contributed by atoms with Crippen LogP contribution in [0.2, 0.25) is 0 Å². The molecule has 0 bridgehead atoms. The zero-order chi connectivity index (χ0) is 20.9. The summed E-state index contributed by atoms with van der Waals surface area (Å²) in [5, 5.41) is 6.54. The summed E-state index contributed by atoms with van der Waals surface area (Å²) in [6.45, 7) is 4.51. The van der Waals surface area contributed by atoms with E-state index in [4.69, 9.17) is 18.9 Å². The van der Waals surface area contributed by atoms with Gasteiger partial charge in [0.2, 0.25) is 0 Å². The van der Waals surface area contributed by atoms with E-state index in [1.807, 2.05) is 49.4 Å². The van der Waals surface area contributed by atoms with Crippen LogP contribution in [0.15, 0.2) is 47.5 Å². The predicted octanol–water partition coefficient (Wildman–Crippen LogP) is 3.70. The molecule has 2 N–H and O–H groups in total. The number of rotatable bonds is 11. The Morgan fingerprint density at radius 3 is 2.45 bits per heavy atom. The molecule has 0 heterocycles. The van der Waals surface area contributed by atoms with E-state index in [0.29, 0.717) is 37.3 Å². The molecule has 158 valence electrons. The highest BCUT2D eigenvalue weighted by molar-refractivity contribution is 5.93. The van der Waals surface area contributed by atoms with Crippen molar-refractivity contribution in [1.82, 2.24) is 5.32 Å². The fourth-order valence-electron chi connectivity index (χ4n) is 2.63. The highest BCUT2D eigenvalue weighted by Gasteiger charge is 2.07. The Morgan fingerprint density at radius 2 is 1.79 bits per heavy atom. The second-order valence-electron chi connectivity index (χ2n) is 6.18. The van der Waals surface area contributed by atoms with Crippen molar-refractivity contribution in [3.63, 3.8) is 0 Å². The largest absolute Gasteiger partial charge is 0.497 e. The Labute approximate surface area is 173 Å². The zero-order valence-electron chi connectivity index (χ0n) is 17.7. The molecular formula is C22H31N3O4. The number of nitrogens with one attached hydrogen (secondary N) is 2. The van der Waals surface area contributed by atoms with E-state index in [1.54, 1.807) is 21.3 Å². The molecule has 2 rings (SSSR count). The second-order valence-corrected chi connectivity index (χ2v) is 6.18. The maximum absolute atomic E-state index is 5.72. The van der Waals surface area contributed by atoms with Crippen LogP contribution < -0.4 is 24.8 Å². The van der Waals surface area contributed by atoms with Crippen molar-refractivity contribution >= 4 is 11.6 Å². The van der Waals surface area contributed by atoms with Crippen molar-refractivity contribution in [3.05, 3.63) is 48.0 Å². The Morgan fingerprint density at radius 1 is 1.00 bits per heavy atom. The van der Waals surface area contributed by atoms with Crippen molar-refractivity contribution in [3.8, 4) is 17.2 Å². The predicted molar refractivity (Wildman–Crippen MR) is 116 cm³/mol. The lowest BCUT2D eigenvalue weighted by molar-refractivity contribution is 0.119. The number of benzene rings is 2. The lowest BCUT2D eigenvalue weighted by Crippen LogP contribution is -2.31. The van der Waals surface area contributed by atoms with E-state index in [9.17, 15) is 0 Å². The van der Waals surface area contributed by atoms with Gasteiger partial charge in [-0.2, -0.15) is 0 Å². The van der Waals surface area contributed by atoms with Gasteiger partial charge >= 0.3 is 0 Å². The van der Waals surface area contributed by atoms with Crippen LogP contribution in [-0.2, 0) is 11.3 Å². The molecule has 0 aliphatic carbocycles. The summed E-state index contributed by atoms with van der Waals surface area (Å²) in [6, 6.07) is 13.6. The third-order valence-electron chi connectivity index (χ3n) is 4.14. The van der Waals surface area contributed by atoms with Gasteiger partial charge in [-0.1, -0.05) is 12.1 Å². The topological polar surface area (TPSA) is 73.3 Å². The van der Waals surface area contributed by atoms with E-state index in [0.717, 1.165) is 30.0 Å².